The van der Waals surface area contributed by atoms with Gasteiger partial charge in [-0.25, -0.2) is 18.2 Å². The standard InChI is InChI=1S/C14H17.C5H5.7CH3.Hf/c1-14(2,3)10-12-9-8-11-6-4-5-7-13(11)12;1-2-4-5-3-1;;;;;;;;/h4-8,12H,10H2,1-3H3;1-5H;7*1H3;/q9*-1;. The van der Waals surface area contributed by atoms with E-state index in [1.165, 1.54) is 17.5 Å². The molecular formula is C26H43Hf-9. The Labute approximate surface area is 193 Å². The predicted octanol–water partition coefficient (Wildman–Crippen LogP) is 8.59. The predicted molar refractivity (Wildman–Crippen MR) is 128 cm³/mol. The van der Waals surface area contributed by atoms with Crippen LogP contribution in [0, 0.1) is 63.5 Å². The first-order valence-corrected chi connectivity index (χ1v) is 6.91. The smallest absolute Gasteiger partial charge is 0 e. The zero-order valence-electron chi connectivity index (χ0n) is 19.6. The molecule has 1 heteroatoms. The number of rotatable bonds is 1. The molecule has 0 saturated carbocycles. The van der Waals surface area contributed by atoms with Gasteiger partial charge in [0.25, 0.3) is 0 Å². The minimum atomic E-state index is 0. The van der Waals surface area contributed by atoms with Crippen molar-refractivity contribution in [2.45, 2.75) is 33.1 Å². The third-order valence-electron chi connectivity index (χ3n) is 3.18. The molecule has 0 heterocycles. The van der Waals surface area contributed by atoms with Crippen LogP contribution in [0.25, 0.3) is 6.08 Å². The Balaban J connectivity index is -0.0000000552. The van der Waals surface area contributed by atoms with Gasteiger partial charge in [0.1, 0.15) is 0 Å². The van der Waals surface area contributed by atoms with Crippen molar-refractivity contribution in [2.75, 3.05) is 0 Å². The maximum absolute atomic E-state index is 3.45. The van der Waals surface area contributed by atoms with Crippen LogP contribution in [-0.2, 0) is 25.8 Å². The quantitative estimate of drug-likeness (QED) is 0.254. The van der Waals surface area contributed by atoms with Crippen molar-refractivity contribution in [1.29, 1.82) is 0 Å². The molecule has 3 rings (SSSR count). The number of hydrogen-bond donors (Lipinski definition) is 0. The Bertz CT molecular complexity index is 498. The molecule has 27 heavy (non-hydrogen) atoms. The second-order valence-electron chi connectivity index (χ2n) is 6.22. The van der Waals surface area contributed by atoms with Crippen LogP contribution in [0.5, 0.6) is 0 Å². The number of hydrogen-bond acceptors (Lipinski definition) is 0. The second kappa shape index (κ2) is 21.5. The van der Waals surface area contributed by atoms with Gasteiger partial charge in [-0.1, -0.05) is 51.3 Å². The normalized spacial score (nSPS) is 11.7. The van der Waals surface area contributed by atoms with E-state index in [2.05, 4.69) is 57.2 Å². The molecule has 0 N–H and O–H groups in total. The zero-order chi connectivity index (χ0) is 13.7. The fraction of sp³-hybridized carbons (Fsp3) is 0.231. The Morgan fingerprint density at radius 1 is 0.815 bits per heavy atom. The third kappa shape index (κ3) is 15.9. The maximum atomic E-state index is 3.45. The van der Waals surface area contributed by atoms with Crippen LogP contribution in [0.2, 0.25) is 0 Å². The summed E-state index contributed by atoms with van der Waals surface area (Å²) >= 11 is 0. The molecule has 1 atom stereocenters. The topological polar surface area (TPSA) is 0 Å². The summed E-state index contributed by atoms with van der Waals surface area (Å²) in [6, 6.07) is 18.6. The Morgan fingerprint density at radius 2 is 1.30 bits per heavy atom. The summed E-state index contributed by atoms with van der Waals surface area (Å²) in [6.07, 6.45) is 6.77. The van der Waals surface area contributed by atoms with E-state index in [0.717, 1.165) is 0 Å². The van der Waals surface area contributed by atoms with Gasteiger partial charge in [-0.2, -0.15) is 23.8 Å². The van der Waals surface area contributed by atoms with Gasteiger partial charge in [-0.3, -0.25) is 6.08 Å². The summed E-state index contributed by atoms with van der Waals surface area (Å²) in [5.41, 5.74) is 3.17. The van der Waals surface area contributed by atoms with Gasteiger partial charge in [0.15, 0.2) is 0 Å². The fourth-order valence-corrected chi connectivity index (χ4v) is 2.34. The first-order chi connectivity index (χ1) is 9.06. The molecule has 2 aromatic rings. The van der Waals surface area contributed by atoms with Crippen molar-refractivity contribution in [3.8, 4) is 0 Å². The van der Waals surface area contributed by atoms with E-state index in [-0.39, 0.29) is 77.8 Å². The van der Waals surface area contributed by atoms with E-state index in [4.69, 9.17) is 0 Å². The molecule has 0 bridgehead atoms. The molecule has 2 aromatic carbocycles. The van der Waals surface area contributed by atoms with E-state index >= 15 is 0 Å². The first kappa shape index (κ1) is 45.1. The summed E-state index contributed by atoms with van der Waals surface area (Å²) in [7, 11) is 0. The van der Waals surface area contributed by atoms with Crippen LogP contribution < -0.4 is 0 Å². The molecular weight excluding hydrogens is 491 g/mol. The molecule has 1 unspecified atom stereocenters. The number of benzene rings is 1. The molecule has 160 valence electrons. The molecule has 0 saturated heterocycles. The first-order valence-electron chi connectivity index (χ1n) is 6.91. The molecule has 0 spiro atoms. The van der Waals surface area contributed by atoms with E-state index in [9.17, 15) is 0 Å². The monoisotopic (exact) mass is 535 g/mol. The van der Waals surface area contributed by atoms with Crippen molar-refractivity contribution in [2.24, 2.45) is 5.41 Å². The SMILES string of the molecule is CC(C)(C)CC1[C-]=Cc2ccccc21.[CH3-].[CH3-].[CH3-].[CH3-].[CH3-].[CH3-].[CH3-].[Hf].c1cc[cH-]c1. The average Bonchev–Trinajstić information content (AvgIpc) is 3.01. The van der Waals surface area contributed by atoms with Crippen molar-refractivity contribution in [3.63, 3.8) is 0 Å². The summed E-state index contributed by atoms with van der Waals surface area (Å²) in [6.45, 7) is 6.86. The van der Waals surface area contributed by atoms with Gasteiger partial charge in [0.05, 0.1) is 0 Å². The summed E-state index contributed by atoms with van der Waals surface area (Å²) in [5.74, 6) is 0.506. The van der Waals surface area contributed by atoms with Gasteiger partial charge in [0.2, 0.25) is 0 Å². The average molecular weight is 534 g/mol. The van der Waals surface area contributed by atoms with Crippen LogP contribution in [0.4, 0.5) is 0 Å². The minimum Gasteiger partial charge on any atom is -0.358 e. The molecule has 0 aliphatic heterocycles. The van der Waals surface area contributed by atoms with Gasteiger partial charge >= 0.3 is 0 Å². The van der Waals surface area contributed by atoms with Crippen LogP contribution in [-0.4, -0.2) is 0 Å². The van der Waals surface area contributed by atoms with E-state index < -0.39 is 0 Å². The van der Waals surface area contributed by atoms with Crippen LogP contribution in [0.3, 0.4) is 0 Å². The number of allylic oxidation sites excluding steroid dienone is 1. The second-order valence-corrected chi connectivity index (χ2v) is 6.22. The van der Waals surface area contributed by atoms with Gasteiger partial charge in [0, 0.05) is 25.8 Å². The molecule has 0 fully saturated rings. The Morgan fingerprint density at radius 3 is 1.70 bits per heavy atom. The van der Waals surface area contributed by atoms with Gasteiger partial charge in [-0.05, 0) is 5.41 Å². The summed E-state index contributed by atoms with van der Waals surface area (Å²) in [4.78, 5) is 0. The fourth-order valence-electron chi connectivity index (χ4n) is 2.34. The molecule has 0 amide bonds. The number of fused-ring (bicyclic) bond motifs is 1. The van der Waals surface area contributed by atoms with Gasteiger partial charge < -0.3 is 52.0 Å². The zero-order valence-corrected chi connectivity index (χ0v) is 23.2. The molecule has 0 radical (unpaired) electrons. The van der Waals surface area contributed by atoms with Crippen LogP contribution >= 0.6 is 0 Å². The summed E-state index contributed by atoms with van der Waals surface area (Å²) in [5, 5.41) is 0. The largest absolute Gasteiger partial charge is 0.358 e. The van der Waals surface area contributed by atoms with Crippen molar-refractivity contribution >= 4 is 6.08 Å². The van der Waals surface area contributed by atoms with E-state index in [1.54, 1.807) is 0 Å². The van der Waals surface area contributed by atoms with Crippen molar-refractivity contribution in [3.05, 3.63) is 124 Å². The van der Waals surface area contributed by atoms with E-state index in [1.807, 2.05) is 30.3 Å². The van der Waals surface area contributed by atoms with Crippen LogP contribution in [0.1, 0.15) is 44.2 Å². The van der Waals surface area contributed by atoms with Crippen LogP contribution in [0.15, 0.2) is 54.6 Å². The van der Waals surface area contributed by atoms with E-state index in [0.29, 0.717) is 11.3 Å². The molecule has 0 aromatic heterocycles. The van der Waals surface area contributed by atoms with Crippen molar-refractivity contribution in [1.82, 2.24) is 0 Å². The minimum absolute atomic E-state index is 0. The van der Waals surface area contributed by atoms with Gasteiger partial charge in [-0.15, -0.1) is 11.6 Å². The molecule has 1 aliphatic carbocycles. The maximum Gasteiger partial charge on any atom is 0 e. The Hall–Kier alpha value is -0.820. The summed E-state index contributed by atoms with van der Waals surface area (Å²) < 4.78 is 0. The Kier molecular flexibility index (Phi) is 35.9. The van der Waals surface area contributed by atoms with Crippen molar-refractivity contribution < 1.29 is 25.8 Å². The molecule has 0 nitrogen and oxygen atoms in total. The third-order valence-corrected chi connectivity index (χ3v) is 3.18. The molecule has 1 aliphatic rings.